The summed E-state index contributed by atoms with van der Waals surface area (Å²) < 4.78 is 5.73. The Kier molecular flexibility index (Phi) is 4.99. The number of rotatable bonds is 3. The molecule has 0 spiro atoms. The van der Waals surface area contributed by atoms with Gasteiger partial charge in [-0.15, -0.1) is 0 Å². The smallest absolute Gasteiger partial charge is 0.329 e. The molecule has 3 aliphatic rings. The molecule has 0 aliphatic carbocycles. The van der Waals surface area contributed by atoms with Crippen molar-refractivity contribution in [1.82, 2.24) is 4.98 Å². The molecule has 0 saturated heterocycles. The molecule has 0 unspecified atom stereocenters. The van der Waals surface area contributed by atoms with Gasteiger partial charge in [0.25, 0.3) is 0 Å². The number of hydrogen-bond acceptors (Lipinski definition) is 5. The first-order valence-electron chi connectivity index (χ1n) is 14.3. The highest BCUT2D eigenvalue weighted by Gasteiger charge is 2.42. The maximum absolute atomic E-state index is 5.73. The Labute approximate surface area is 244 Å². The van der Waals surface area contributed by atoms with Crippen LogP contribution in [0.4, 0.5) is 22.7 Å². The van der Waals surface area contributed by atoms with Gasteiger partial charge < -0.3 is 19.0 Å². The zero-order valence-electron chi connectivity index (χ0n) is 22.8. The van der Waals surface area contributed by atoms with Crippen LogP contribution in [0.1, 0.15) is 0 Å². The zero-order chi connectivity index (χ0) is 27.6. The second-order valence-corrected chi connectivity index (χ2v) is 10.9. The van der Waals surface area contributed by atoms with Crippen LogP contribution in [0.3, 0.4) is 0 Å². The van der Waals surface area contributed by atoms with Crippen molar-refractivity contribution in [2.24, 2.45) is 0 Å². The Hall–Kier alpha value is -5.49. The standard InChI is InChI=1S/C36H25BN4O/c1-2-8-26(9-3-1)39-19-20-40(24-39)27-15-17-31-29-11-5-7-13-33(29)37-32-12-6-4-10-28(32)30-16-14-25(36-38-18-21-42-36)22-34(30)41(37)35(31)23-27/h1-23H,24H2. The van der Waals surface area contributed by atoms with Gasteiger partial charge in [0.05, 0.1) is 12.9 Å². The number of oxazole rings is 1. The van der Waals surface area contributed by atoms with Gasteiger partial charge in [0, 0.05) is 51.8 Å². The second kappa shape index (κ2) is 9.01. The minimum atomic E-state index is 0.0439. The second-order valence-electron chi connectivity index (χ2n) is 10.9. The summed E-state index contributed by atoms with van der Waals surface area (Å²) >= 11 is 0. The molecule has 0 bridgehead atoms. The first-order valence-corrected chi connectivity index (χ1v) is 14.3. The number of para-hydroxylation sites is 1. The molecule has 0 N–H and O–H groups in total. The molecule has 9 rings (SSSR count). The molecular weight excluding hydrogens is 515 g/mol. The van der Waals surface area contributed by atoms with E-state index in [0.717, 1.165) is 23.6 Å². The van der Waals surface area contributed by atoms with Crippen LogP contribution in [-0.2, 0) is 0 Å². The van der Waals surface area contributed by atoms with Crippen LogP contribution in [0, 0.1) is 0 Å². The van der Waals surface area contributed by atoms with Gasteiger partial charge in [-0.25, -0.2) is 4.98 Å². The molecule has 0 radical (unpaired) electrons. The molecule has 0 fully saturated rings. The molecule has 0 amide bonds. The van der Waals surface area contributed by atoms with E-state index in [9.17, 15) is 0 Å². The van der Waals surface area contributed by atoms with E-state index in [4.69, 9.17) is 4.42 Å². The fraction of sp³-hybridized carbons (Fsp3) is 0.0278. The van der Waals surface area contributed by atoms with Gasteiger partial charge >= 0.3 is 6.85 Å². The number of fused-ring (bicyclic) bond motifs is 11. The van der Waals surface area contributed by atoms with Crippen LogP contribution in [0.2, 0.25) is 0 Å². The van der Waals surface area contributed by atoms with E-state index in [1.807, 2.05) is 0 Å². The van der Waals surface area contributed by atoms with Crippen molar-refractivity contribution in [3.8, 4) is 33.7 Å². The predicted molar refractivity (Wildman–Crippen MR) is 172 cm³/mol. The highest BCUT2D eigenvalue weighted by atomic mass is 16.3. The Morgan fingerprint density at radius 3 is 1.95 bits per heavy atom. The summed E-state index contributed by atoms with van der Waals surface area (Å²) in [6.45, 7) is 0.804. The van der Waals surface area contributed by atoms with Crippen molar-refractivity contribution in [2.75, 3.05) is 21.3 Å². The third-order valence-corrected chi connectivity index (χ3v) is 8.68. The average Bonchev–Trinajstić information content (AvgIpc) is 3.78. The first-order chi connectivity index (χ1) is 20.8. The lowest BCUT2D eigenvalue weighted by Gasteiger charge is -2.43. The van der Waals surface area contributed by atoms with Gasteiger partial charge in [-0.2, -0.15) is 0 Å². The number of hydrogen-bond donors (Lipinski definition) is 0. The third-order valence-electron chi connectivity index (χ3n) is 8.68. The Morgan fingerprint density at radius 1 is 0.595 bits per heavy atom. The van der Waals surface area contributed by atoms with Gasteiger partial charge in [-0.1, -0.05) is 78.9 Å². The van der Waals surface area contributed by atoms with E-state index < -0.39 is 0 Å². The predicted octanol–water partition coefficient (Wildman–Crippen LogP) is 7.00. The van der Waals surface area contributed by atoms with Gasteiger partial charge in [0.2, 0.25) is 5.89 Å². The summed E-state index contributed by atoms with van der Waals surface area (Å²) in [4.78, 5) is 11.6. The molecule has 0 saturated carbocycles. The fourth-order valence-electron chi connectivity index (χ4n) is 6.77. The summed E-state index contributed by atoms with van der Waals surface area (Å²) in [6, 6.07) is 41.7. The molecule has 198 valence electrons. The van der Waals surface area contributed by atoms with Crippen LogP contribution in [0.5, 0.6) is 0 Å². The van der Waals surface area contributed by atoms with Crippen molar-refractivity contribution in [3.05, 3.63) is 140 Å². The van der Waals surface area contributed by atoms with Crippen LogP contribution >= 0.6 is 0 Å². The van der Waals surface area contributed by atoms with Crippen molar-refractivity contribution >= 4 is 40.5 Å². The number of benzene rings is 5. The topological polar surface area (TPSA) is 35.8 Å². The first kappa shape index (κ1) is 23.2. The lowest BCUT2D eigenvalue weighted by atomic mass is 9.43. The van der Waals surface area contributed by atoms with E-state index >= 15 is 0 Å². The van der Waals surface area contributed by atoms with Crippen molar-refractivity contribution in [2.45, 2.75) is 0 Å². The maximum atomic E-state index is 5.73. The lowest BCUT2D eigenvalue weighted by Crippen LogP contribution is -2.59. The van der Waals surface area contributed by atoms with E-state index in [-0.39, 0.29) is 6.85 Å². The molecule has 3 aliphatic heterocycles. The molecule has 6 aromatic rings. The molecule has 0 atom stereocenters. The normalized spacial score (nSPS) is 14.3. The summed E-state index contributed by atoms with van der Waals surface area (Å²) in [5.74, 6) is 0.628. The van der Waals surface area contributed by atoms with E-state index in [1.54, 1.807) is 12.5 Å². The van der Waals surface area contributed by atoms with Gasteiger partial charge in [-0.3, -0.25) is 0 Å². The third kappa shape index (κ3) is 3.42. The molecule has 42 heavy (non-hydrogen) atoms. The van der Waals surface area contributed by atoms with Crippen LogP contribution in [0.15, 0.2) is 145 Å². The summed E-state index contributed by atoms with van der Waals surface area (Å²) in [5.41, 5.74) is 13.3. The monoisotopic (exact) mass is 540 g/mol. The highest BCUT2D eigenvalue weighted by molar-refractivity contribution is 6.92. The molecule has 5 nitrogen and oxygen atoms in total. The van der Waals surface area contributed by atoms with Crippen molar-refractivity contribution in [3.63, 3.8) is 0 Å². The number of nitrogens with zero attached hydrogens (tertiary/aromatic N) is 4. The summed E-state index contributed by atoms with van der Waals surface area (Å²) in [7, 11) is 0. The largest absolute Gasteiger partial charge is 0.445 e. The van der Waals surface area contributed by atoms with Crippen molar-refractivity contribution < 1.29 is 4.42 Å². The lowest BCUT2D eigenvalue weighted by molar-refractivity contribution is 0.574. The van der Waals surface area contributed by atoms with Crippen molar-refractivity contribution in [1.29, 1.82) is 0 Å². The number of aromatic nitrogens is 1. The molecular formula is C36H25BN4O. The minimum Gasteiger partial charge on any atom is -0.445 e. The van der Waals surface area contributed by atoms with Gasteiger partial charge in [-0.05, 0) is 58.5 Å². The van der Waals surface area contributed by atoms with Gasteiger partial charge in [0.1, 0.15) is 6.26 Å². The molecule has 6 heteroatoms. The highest BCUT2D eigenvalue weighted by Crippen LogP contribution is 2.48. The quantitative estimate of drug-likeness (QED) is 0.226. The summed E-state index contributed by atoms with van der Waals surface area (Å²) in [6.07, 6.45) is 7.66. The number of anilines is 4. The average molecular weight is 540 g/mol. The van der Waals surface area contributed by atoms with Crippen LogP contribution in [0.25, 0.3) is 33.7 Å². The maximum Gasteiger partial charge on any atom is 0.329 e. The van der Waals surface area contributed by atoms with E-state index in [1.165, 1.54) is 44.6 Å². The Bertz CT molecular complexity index is 2000. The zero-order valence-corrected chi connectivity index (χ0v) is 22.8. The van der Waals surface area contributed by atoms with E-state index in [2.05, 4.69) is 147 Å². The molecule has 1 aromatic heterocycles. The van der Waals surface area contributed by atoms with E-state index in [0.29, 0.717) is 5.89 Å². The fourth-order valence-corrected chi connectivity index (χ4v) is 6.77. The Morgan fingerprint density at radius 2 is 1.24 bits per heavy atom. The minimum absolute atomic E-state index is 0.0439. The van der Waals surface area contributed by atoms with Crippen LogP contribution < -0.4 is 25.5 Å². The molecule has 4 heterocycles. The molecule has 5 aromatic carbocycles. The van der Waals surface area contributed by atoms with Crippen LogP contribution in [-0.4, -0.2) is 18.5 Å². The van der Waals surface area contributed by atoms with Gasteiger partial charge in [0.15, 0.2) is 0 Å². The Balaban J connectivity index is 1.24. The SMILES string of the molecule is C1=CN(c2ccc3c(c2)N2B(c4ccccc4-c4ccc(-c5ncco5)cc42)c2ccccc2-3)CN1c1ccccc1. The summed E-state index contributed by atoms with van der Waals surface area (Å²) in [5, 5.41) is 0.